The summed E-state index contributed by atoms with van der Waals surface area (Å²) in [5, 5.41) is 0. The van der Waals surface area contributed by atoms with Crippen molar-refractivity contribution in [2.45, 2.75) is 24.7 Å². The Balaban J connectivity index is 1.92. The molecule has 2 N–H and O–H groups in total. The molecule has 0 atom stereocenters. The number of nitrogens with zero attached hydrogens (tertiary/aromatic N) is 1. The molecular weight excluding hydrogens is 232 g/mol. The minimum atomic E-state index is 0.245. The SMILES string of the molecule is Cc1ccc(N)cc1SCC(=O)N1CCCC1. The van der Waals surface area contributed by atoms with Gasteiger partial charge in [0.05, 0.1) is 5.75 Å². The van der Waals surface area contributed by atoms with E-state index in [1.165, 1.54) is 5.56 Å². The Bertz CT molecular complexity index is 414. The summed E-state index contributed by atoms with van der Waals surface area (Å²) in [6.45, 7) is 3.90. The third-order valence-corrected chi connectivity index (χ3v) is 4.16. The maximum atomic E-state index is 11.9. The molecule has 17 heavy (non-hydrogen) atoms. The Morgan fingerprint density at radius 2 is 2.12 bits per heavy atom. The van der Waals surface area contributed by atoms with E-state index < -0.39 is 0 Å². The van der Waals surface area contributed by atoms with Crippen molar-refractivity contribution in [3.8, 4) is 0 Å². The maximum Gasteiger partial charge on any atom is 0.232 e. The van der Waals surface area contributed by atoms with E-state index in [1.807, 2.05) is 30.0 Å². The van der Waals surface area contributed by atoms with Crippen LogP contribution in [0.5, 0.6) is 0 Å². The number of carbonyl (C=O) groups excluding carboxylic acids is 1. The molecule has 2 rings (SSSR count). The van der Waals surface area contributed by atoms with Crippen LogP contribution in [0.25, 0.3) is 0 Å². The topological polar surface area (TPSA) is 46.3 Å². The van der Waals surface area contributed by atoms with Gasteiger partial charge in [-0.1, -0.05) is 6.07 Å². The first-order chi connectivity index (χ1) is 8.16. The quantitative estimate of drug-likeness (QED) is 0.661. The van der Waals surface area contributed by atoms with E-state index in [-0.39, 0.29) is 5.91 Å². The van der Waals surface area contributed by atoms with Gasteiger partial charge in [-0.25, -0.2) is 0 Å². The fourth-order valence-corrected chi connectivity index (χ4v) is 2.95. The van der Waals surface area contributed by atoms with E-state index in [4.69, 9.17) is 5.73 Å². The van der Waals surface area contributed by atoms with Crippen LogP contribution in [0.3, 0.4) is 0 Å². The lowest BCUT2D eigenvalue weighted by Gasteiger charge is -2.15. The molecule has 1 heterocycles. The van der Waals surface area contributed by atoms with E-state index >= 15 is 0 Å². The van der Waals surface area contributed by atoms with Crippen molar-refractivity contribution in [2.24, 2.45) is 0 Å². The van der Waals surface area contributed by atoms with Crippen molar-refractivity contribution < 1.29 is 4.79 Å². The summed E-state index contributed by atoms with van der Waals surface area (Å²) in [6.07, 6.45) is 2.29. The number of anilines is 1. The van der Waals surface area contributed by atoms with Crippen molar-refractivity contribution >= 4 is 23.4 Å². The highest BCUT2D eigenvalue weighted by Gasteiger charge is 2.17. The second-order valence-corrected chi connectivity index (χ2v) is 5.42. The van der Waals surface area contributed by atoms with Crippen LogP contribution in [0.15, 0.2) is 23.1 Å². The fourth-order valence-electron chi connectivity index (χ4n) is 1.97. The number of nitrogens with two attached hydrogens (primary N) is 1. The summed E-state index contributed by atoms with van der Waals surface area (Å²) in [6, 6.07) is 5.83. The molecule has 0 unspecified atom stereocenters. The van der Waals surface area contributed by atoms with Crippen LogP contribution in [0, 0.1) is 6.92 Å². The summed E-state index contributed by atoms with van der Waals surface area (Å²) in [7, 11) is 0. The third-order valence-electron chi connectivity index (χ3n) is 3.02. The summed E-state index contributed by atoms with van der Waals surface area (Å²) in [5.41, 5.74) is 7.68. The van der Waals surface area contributed by atoms with Gasteiger partial charge in [0.1, 0.15) is 0 Å². The van der Waals surface area contributed by atoms with Gasteiger partial charge in [-0.05, 0) is 37.5 Å². The van der Waals surface area contributed by atoms with Gasteiger partial charge < -0.3 is 10.6 Å². The minimum Gasteiger partial charge on any atom is -0.399 e. The smallest absolute Gasteiger partial charge is 0.232 e. The number of aryl methyl sites for hydroxylation is 1. The highest BCUT2D eigenvalue weighted by Crippen LogP contribution is 2.25. The molecule has 1 aliphatic rings. The number of rotatable bonds is 3. The van der Waals surface area contributed by atoms with Crippen LogP contribution in [0.1, 0.15) is 18.4 Å². The van der Waals surface area contributed by atoms with Crippen LogP contribution in [-0.2, 0) is 4.79 Å². The van der Waals surface area contributed by atoms with Crippen LogP contribution >= 0.6 is 11.8 Å². The number of carbonyl (C=O) groups is 1. The van der Waals surface area contributed by atoms with Gasteiger partial charge in [-0.2, -0.15) is 0 Å². The Labute approximate surface area is 106 Å². The summed E-state index contributed by atoms with van der Waals surface area (Å²) >= 11 is 1.58. The second kappa shape index (κ2) is 5.45. The normalized spacial score (nSPS) is 15.2. The average molecular weight is 250 g/mol. The maximum absolute atomic E-state index is 11.9. The van der Waals surface area contributed by atoms with Gasteiger partial charge in [-0.3, -0.25) is 4.79 Å². The van der Waals surface area contributed by atoms with Gasteiger partial charge in [0, 0.05) is 23.7 Å². The third kappa shape index (κ3) is 3.16. The van der Waals surface area contributed by atoms with Gasteiger partial charge in [0.15, 0.2) is 0 Å². The molecule has 92 valence electrons. The number of nitrogen functional groups attached to an aromatic ring is 1. The zero-order valence-electron chi connectivity index (χ0n) is 10.1. The predicted molar refractivity (Wildman–Crippen MR) is 72.1 cm³/mol. The molecule has 1 aromatic rings. The van der Waals surface area contributed by atoms with Crippen LogP contribution in [-0.4, -0.2) is 29.6 Å². The first-order valence-electron chi connectivity index (χ1n) is 5.93. The highest BCUT2D eigenvalue weighted by molar-refractivity contribution is 8.00. The van der Waals surface area contributed by atoms with Crippen LogP contribution in [0.2, 0.25) is 0 Å². The molecule has 0 radical (unpaired) electrons. The van der Waals surface area contributed by atoms with E-state index in [1.54, 1.807) is 11.8 Å². The lowest BCUT2D eigenvalue weighted by molar-refractivity contribution is -0.127. The number of benzene rings is 1. The zero-order chi connectivity index (χ0) is 12.3. The molecule has 1 saturated heterocycles. The minimum absolute atomic E-state index is 0.245. The summed E-state index contributed by atoms with van der Waals surface area (Å²) < 4.78 is 0. The number of hydrogen-bond acceptors (Lipinski definition) is 3. The number of thioether (sulfide) groups is 1. The predicted octanol–water partition coefficient (Wildman–Crippen LogP) is 2.29. The highest BCUT2D eigenvalue weighted by atomic mass is 32.2. The Morgan fingerprint density at radius 3 is 2.82 bits per heavy atom. The summed E-state index contributed by atoms with van der Waals surface area (Å²) in [5.74, 6) is 0.763. The van der Waals surface area contributed by atoms with Crippen molar-refractivity contribution in [1.82, 2.24) is 4.90 Å². The molecule has 1 fully saturated rings. The first-order valence-corrected chi connectivity index (χ1v) is 6.92. The lowest BCUT2D eigenvalue weighted by atomic mass is 10.2. The zero-order valence-corrected chi connectivity index (χ0v) is 10.9. The molecule has 0 saturated carbocycles. The van der Waals surface area contributed by atoms with E-state index in [9.17, 15) is 4.79 Å². The standard InChI is InChI=1S/C13H18N2OS/c1-10-4-5-11(14)8-12(10)17-9-13(16)15-6-2-3-7-15/h4-5,8H,2-3,6-7,9,14H2,1H3. The molecule has 0 spiro atoms. The largest absolute Gasteiger partial charge is 0.399 e. The molecule has 1 amide bonds. The van der Waals surface area contributed by atoms with Crippen molar-refractivity contribution in [2.75, 3.05) is 24.6 Å². The Hall–Kier alpha value is -1.16. The number of amides is 1. The molecule has 4 heteroatoms. The number of hydrogen-bond donors (Lipinski definition) is 1. The van der Waals surface area contributed by atoms with Gasteiger partial charge in [-0.15, -0.1) is 11.8 Å². The molecular formula is C13H18N2OS. The van der Waals surface area contributed by atoms with E-state index in [0.29, 0.717) is 5.75 Å². The first kappa shape index (κ1) is 12.3. The van der Waals surface area contributed by atoms with Gasteiger partial charge >= 0.3 is 0 Å². The lowest BCUT2D eigenvalue weighted by Crippen LogP contribution is -2.29. The monoisotopic (exact) mass is 250 g/mol. The average Bonchev–Trinajstić information content (AvgIpc) is 2.83. The molecule has 0 bridgehead atoms. The van der Waals surface area contributed by atoms with E-state index in [0.717, 1.165) is 36.5 Å². The Kier molecular flexibility index (Phi) is 3.94. The van der Waals surface area contributed by atoms with Crippen molar-refractivity contribution in [3.63, 3.8) is 0 Å². The van der Waals surface area contributed by atoms with Gasteiger partial charge in [0.2, 0.25) is 5.91 Å². The van der Waals surface area contributed by atoms with Crippen molar-refractivity contribution in [1.29, 1.82) is 0 Å². The fraction of sp³-hybridized carbons (Fsp3) is 0.462. The van der Waals surface area contributed by atoms with Gasteiger partial charge in [0.25, 0.3) is 0 Å². The Morgan fingerprint density at radius 1 is 1.41 bits per heavy atom. The molecule has 0 aliphatic carbocycles. The van der Waals surface area contributed by atoms with Crippen LogP contribution < -0.4 is 5.73 Å². The molecule has 1 aromatic carbocycles. The number of likely N-dealkylation sites (tertiary alicyclic amines) is 1. The van der Waals surface area contributed by atoms with Crippen molar-refractivity contribution in [3.05, 3.63) is 23.8 Å². The molecule has 0 aromatic heterocycles. The molecule has 1 aliphatic heterocycles. The van der Waals surface area contributed by atoms with Crippen LogP contribution in [0.4, 0.5) is 5.69 Å². The second-order valence-electron chi connectivity index (χ2n) is 4.40. The van der Waals surface area contributed by atoms with E-state index in [2.05, 4.69) is 0 Å². The summed E-state index contributed by atoms with van der Waals surface area (Å²) in [4.78, 5) is 15.0. The molecule has 3 nitrogen and oxygen atoms in total.